The Morgan fingerprint density at radius 3 is 2.42 bits per heavy atom. The molecular formula is C17H13F3N2O3S. The van der Waals surface area contributed by atoms with E-state index < -0.39 is 21.8 Å². The Hall–Kier alpha value is -2.94. The zero-order valence-corrected chi connectivity index (χ0v) is 13.9. The molecule has 0 atom stereocenters. The van der Waals surface area contributed by atoms with Crippen LogP contribution in [0, 0.1) is 0 Å². The average molecular weight is 382 g/mol. The van der Waals surface area contributed by atoms with E-state index in [0.717, 1.165) is 18.2 Å². The first kappa shape index (κ1) is 17.9. The van der Waals surface area contributed by atoms with E-state index in [-0.39, 0.29) is 16.3 Å². The first-order chi connectivity index (χ1) is 12.1. The van der Waals surface area contributed by atoms with Gasteiger partial charge in [0.05, 0.1) is 10.5 Å². The summed E-state index contributed by atoms with van der Waals surface area (Å²) in [6, 6.07) is 10.7. The van der Waals surface area contributed by atoms with Crippen molar-refractivity contribution in [1.82, 2.24) is 0 Å². The lowest BCUT2D eigenvalue weighted by atomic mass is 10.1. The van der Waals surface area contributed by atoms with Crippen LogP contribution in [0.1, 0.15) is 5.56 Å². The van der Waals surface area contributed by atoms with Crippen LogP contribution >= 0.6 is 0 Å². The van der Waals surface area contributed by atoms with Crippen LogP contribution in [0.2, 0.25) is 0 Å². The van der Waals surface area contributed by atoms with Gasteiger partial charge in [-0.2, -0.15) is 13.2 Å². The molecule has 0 saturated carbocycles. The first-order valence-corrected chi connectivity index (χ1v) is 8.77. The van der Waals surface area contributed by atoms with Crippen molar-refractivity contribution in [3.05, 3.63) is 60.2 Å². The van der Waals surface area contributed by atoms with E-state index in [0.29, 0.717) is 22.5 Å². The molecule has 0 spiro atoms. The summed E-state index contributed by atoms with van der Waals surface area (Å²) in [5.74, 6) is -0.285. The number of anilines is 2. The number of halogens is 3. The Morgan fingerprint density at radius 2 is 1.73 bits per heavy atom. The molecule has 0 aliphatic heterocycles. The van der Waals surface area contributed by atoms with E-state index in [1.54, 1.807) is 6.07 Å². The highest BCUT2D eigenvalue weighted by Crippen LogP contribution is 2.33. The molecule has 0 amide bonds. The van der Waals surface area contributed by atoms with Crippen LogP contribution in [0.4, 0.5) is 24.5 Å². The lowest BCUT2D eigenvalue weighted by molar-refractivity contribution is -0.137. The second-order valence-corrected chi connectivity index (χ2v) is 7.29. The molecule has 3 aromatic rings. The number of phenolic OH excluding ortho intramolecular Hbond substituents is 1. The van der Waals surface area contributed by atoms with Crippen molar-refractivity contribution >= 4 is 32.2 Å². The predicted molar refractivity (Wildman–Crippen MR) is 92.3 cm³/mol. The fraction of sp³-hybridized carbons (Fsp3) is 0.0588. The molecule has 5 nitrogen and oxygen atoms in total. The molecule has 0 unspecified atom stereocenters. The third-order valence-corrected chi connectivity index (χ3v) is 5.04. The highest BCUT2D eigenvalue weighted by Gasteiger charge is 2.30. The normalized spacial score (nSPS) is 12.3. The van der Waals surface area contributed by atoms with E-state index in [1.165, 1.54) is 24.3 Å². The number of nitrogen functional groups attached to an aromatic ring is 1. The third-order valence-electron chi connectivity index (χ3n) is 3.68. The summed E-state index contributed by atoms with van der Waals surface area (Å²) in [6.45, 7) is 0. The number of alkyl halides is 3. The highest BCUT2D eigenvalue weighted by molar-refractivity contribution is 7.92. The van der Waals surface area contributed by atoms with Crippen molar-refractivity contribution in [1.29, 1.82) is 0 Å². The van der Waals surface area contributed by atoms with Gasteiger partial charge in [0.1, 0.15) is 5.75 Å². The van der Waals surface area contributed by atoms with Gasteiger partial charge in [-0.1, -0.05) is 6.07 Å². The van der Waals surface area contributed by atoms with Gasteiger partial charge in [0.25, 0.3) is 10.0 Å². The van der Waals surface area contributed by atoms with Crippen LogP contribution in [-0.2, 0) is 16.2 Å². The van der Waals surface area contributed by atoms with Gasteiger partial charge >= 0.3 is 6.18 Å². The largest absolute Gasteiger partial charge is 0.507 e. The Labute approximate surface area is 146 Å². The van der Waals surface area contributed by atoms with Gasteiger partial charge < -0.3 is 10.8 Å². The second kappa shape index (κ2) is 6.10. The lowest BCUT2D eigenvalue weighted by Crippen LogP contribution is -2.14. The Morgan fingerprint density at radius 1 is 1.00 bits per heavy atom. The molecule has 0 fully saturated rings. The van der Waals surface area contributed by atoms with Crippen LogP contribution < -0.4 is 10.5 Å². The van der Waals surface area contributed by atoms with Crippen molar-refractivity contribution in [2.24, 2.45) is 0 Å². The molecule has 0 bridgehead atoms. The number of hydrogen-bond acceptors (Lipinski definition) is 4. The molecule has 3 rings (SSSR count). The van der Waals surface area contributed by atoms with Gasteiger partial charge in [-0.3, -0.25) is 4.72 Å². The smallest absolute Gasteiger partial charge is 0.416 e. The zero-order valence-electron chi connectivity index (χ0n) is 13.1. The van der Waals surface area contributed by atoms with Crippen molar-refractivity contribution in [3.8, 4) is 5.75 Å². The van der Waals surface area contributed by atoms with Crippen LogP contribution in [0.15, 0.2) is 59.5 Å². The number of aromatic hydroxyl groups is 1. The van der Waals surface area contributed by atoms with E-state index in [9.17, 15) is 26.7 Å². The number of rotatable bonds is 3. The summed E-state index contributed by atoms with van der Waals surface area (Å²) in [5, 5.41) is 10.8. The molecule has 0 heterocycles. The number of sulfonamides is 1. The standard InChI is InChI=1S/C17H13F3N2O3S/c18-17(19,20)11-2-1-3-13(8-11)22-26(24,25)14-7-10-6-12(21)4-5-15(10)16(23)9-14/h1-9,22-23H,21H2. The maximum absolute atomic E-state index is 12.8. The molecule has 0 radical (unpaired) electrons. The van der Waals surface area contributed by atoms with Gasteiger partial charge in [0.15, 0.2) is 0 Å². The van der Waals surface area contributed by atoms with E-state index in [1.807, 2.05) is 0 Å². The third kappa shape index (κ3) is 3.52. The number of fused-ring (bicyclic) bond motifs is 1. The number of nitrogens with one attached hydrogen (secondary N) is 1. The monoisotopic (exact) mass is 382 g/mol. The topological polar surface area (TPSA) is 92.4 Å². The Kier molecular flexibility index (Phi) is 4.19. The zero-order chi connectivity index (χ0) is 19.1. The fourth-order valence-corrected chi connectivity index (χ4v) is 3.57. The molecule has 0 aromatic heterocycles. The lowest BCUT2D eigenvalue weighted by Gasteiger charge is -2.12. The summed E-state index contributed by atoms with van der Waals surface area (Å²) in [4.78, 5) is -0.300. The maximum atomic E-state index is 12.8. The Balaban J connectivity index is 2.02. The number of hydrogen-bond donors (Lipinski definition) is 3. The molecule has 0 aliphatic carbocycles. The number of benzene rings is 3. The SMILES string of the molecule is Nc1ccc2c(O)cc(S(=O)(=O)Nc3cccc(C(F)(F)F)c3)cc2c1. The van der Waals surface area contributed by atoms with Crippen LogP contribution in [0.3, 0.4) is 0 Å². The van der Waals surface area contributed by atoms with Crippen molar-refractivity contribution in [2.75, 3.05) is 10.5 Å². The minimum atomic E-state index is -4.60. The van der Waals surface area contributed by atoms with E-state index >= 15 is 0 Å². The van der Waals surface area contributed by atoms with E-state index in [2.05, 4.69) is 4.72 Å². The van der Waals surface area contributed by atoms with Gasteiger partial charge in [-0.15, -0.1) is 0 Å². The summed E-state index contributed by atoms with van der Waals surface area (Å²) in [7, 11) is -4.22. The minimum Gasteiger partial charge on any atom is -0.507 e. The highest BCUT2D eigenvalue weighted by atomic mass is 32.2. The molecule has 0 aliphatic rings. The number of nitrogens with two attached hydrogens (primary N) is 1. The summed E-state index contributed by atoms with van der Waals surface area (Å²) >= 11 is 0. The summed E-state index contributed by atoms with van der Waals surface area (Å²) < 4.78 is 65.4. The van der Waals surface area contributed by atoms with Crippen LogP contribution in [0.5, 0.6) is 5.75 Å². The van der Waals surface area contributed by atoms with E-state index in [4.69, 9.17) is 5.73 Å². The van der Waals surface area contributed by atoms with Crippen molar-refractivity contribution in [3.63, 3.8) is 0 Å². The van der Waals surface area contributed by atoms with Crippen molar-refractivity contribution < 1.29 is 26.7 Å². The molecule has 0 saturated heterocycles. The molecule has 4 N–H and O–H groups in total. The fourth-order valence-electron chi connectivity index (χ4n) is 2.47. The molecular weight excluding hydrogens is 369 g/mol. The Bertz CT molecular complexity index is 1100. The summed E-state index contributed by atoms with van der Waals surface area (Å²) in [6.07, 6.45) is -4.60. The van der Waals surface area contributed by atoms with Crippen LogP contribution in [0.25, 0.3) is 10.8 Å². The quantitative estimate of drug-likeness (QED) is 0.598. The molecule has 9 heteroatoms. The predicted octanol–water partition coefficient (Wildman–Crippen LogP) is 3.95. The molecule has 3 aromatic carbocycles. The maximum Gasteiger partial charge on any atom is 0.416 e. The van der Waals surface area contributed by atoms with Gasteiger partial charge in [-0.05, 0) is 47.9 Å². The minimum absolute atomic E-state index is 0.244. The molecule has 26 heavy (non-hydrogen) atoms. The summed E-state index contributed by atoms with van der Waals surface area (Å²) in [5.41, 5.74) is 4.81. The van der Waals surface area contributed by atoms with Gasteiger partial charge in [0, 0.05) is 22.8 Å². The van der Waals surface area contributed by atoms with Crippen LogP contribution in [-0.4, -0.2) is 13.5 Å². The number of phenols is 1. The van der Waals surface area contributed by atoms with Crippen molar-refractivity contribution in [2.45, 2.75) is 11.1 Å². The second-order valence-electron chi connectivity index (χ2n) is 5.61. The van der Waals surface area contributed by atoms with Gasteiger partial charge in [-0.25, -0.2) is 8.42 Å². The van der Waals surface area contributed by atoms with Gasteiger partial charge in [0.2, 0.25) is 0 Å². The molecule has 136 valence electrons. The average Bonchev–Trinajstić information content (AvgIpc) is 2.53. The first-order valence-electron chi connectivity index (χ1n) is 7.28.